The third-order valence-corrected chi connectivity index (χ3v) is 5.38. The maximum Gasteiger partial charge on any atom is 0.287 e. The normalized spacial score (nSPS) is 14.4. The first kappa shape index (κ1) is 18.9. The zero-order chi connectivity index (χ0) is 19.6. The molecule has 3 rings (SSSR count). The van der Waals surface area contributed by atoms with Crippen LogP contribution in [0.5, 0.6) is 0 Å². The number of nitro groups is 1. The van der Waals surface area contributed by atoms with Crippen LogP contribution < -0.4 is 5.32 Å². The molecule has 0 aliphatic carbocycles. The zero-order valence-corrected chi connectivity index (χ0v) is 15.4. The van der Waals surface area contributed by atoms with Crippen LogP contribution in [0.3, 0.4) is 0 Å². The highest BCUT2D eigenvalue weighted by Crippen LogP contribution is 2.21. The monoisotopic (exact) mass is 390 g/mol. The average Bonchev–Trinajstić information content (AvgIpc) is 2.60. The van der Waals surface area contributed by atoms with E-state index in [0.717, 1.165) is 17.5 Å². The number of sulfone groups is 1. The Labute approximate surface area is 156 Å². The Balaban J connectivity index is 1.62. The van der Waals surface area contributed by atoms with E-state index in [4.69, 9.17) is 0 Å². The lowest BCUT2D eigenvalue weighted by Gasteiger charge is -2.27. The molecule has 0 fully saturated rings. The van der Waals surface area contributed by atoms with E-state index in [2.05, 4.69) is 10.3 Å². The third kappa shape index (κ3) is 4.66. The number of hydrogen-bond donors (Lipinski definition) is 1. The number of rotatable bonds is 5. The van der Waals surface area contributed by atoms with Crippen LogP contribution in [0.4, 0.5) is 11.4 Å². The van der Waals surface area contributed by atoms with Gasteiger partial charge in [0.15, 0.2) is 9.84 Å². The fourth-order valence-corrected chi connectivity index (χ4v) is 3.53. The topological polar surface area (TPSA) is 123 Å². The Morgan fingerprint density at radius 2 is 2.04 bits per heavy atom. The molecular formula is C17H18N4O5S. The summed E-state index contributed by atoms with van der Waals surface area (Å²) in [4.78, 5) is 28.9. The van der Waals surface area contributed by atoms with Gasteiger partial charge >= 0.3 is 0 Å². The first-order chi connectivity index (χ1) is 12.7. The van der Waals surface area contributed by atoms with Gasteiger partial charge in [-0.25, -0.2) is 8.42 Å². The van der Waals surface area contributed by atoms with Crippen LogP contribution in [0.15, 0.2) is 41.4 Å². The Kier molecular flexibility index (Phi) is 5.19. The molecule has 0 radical (unpaired) electrons. The van der Waals surface area contributed by atoms with E-state index in [-0.39, 0.29) is 23.0 Å². The van der Waals surface area contributed by atoms with Crippen molar-refractivity contribution in [2.75, 3.05) is 24.7 Å². The predicted octanol–water partition coefficient (Wildman–Crippen LogP) is 1.39. The van der Waals surface area contributed by atoms with Gasteiger partial charge in [-0.3, -0.25) is 24.8 Å². The number of nitrogens with one attached hydrogen (secondary N) is 1. The smallest absolute Gasteiger partial charge is 0.287 e. The minimum atomic E-state index is -3.28. The van der Waals surface area contributed by atoms with E-state index in [1.807, 2.05) is 4.90 Å². The van der Waals surface area contributed by atoms with Crippen molar-refractivity contribution in [3.63, 3.8) is 0 Å². The summed E-state index contributed by atoms with van der Waals surface area (Å²) in [6.45, 7) is 1.15. The van der Waals surface area contributed by atoms with Gasteiger partial charge in [0.2, 0.25) is 5.91 Å². The van der Waals surface area contributed by atoms with E-state index in [0.29, 0.717) is 25.2 Å². The quantitative estimate of drug-likeness (QED) is 0.604. The SMILES string of the molecule is CS(=O)(=O)c1ccc(NC(=O)CN2CCc3ncc([N+](=O)[O-])cc3C2)cc1. The van der Waals surface area contributed by atoms with Crippen LogP contribution in [-0.4, -0.2) is 48.5 Å². The third-order valence-electron chi connectivity index (χ3n) is 4.25. The molecule has 27 heavy (non-hydrogen) atoms. The summed E-state index contributed by atoms with van der Waals surface area (Å²) in [6, 6.07) is 7.44. The van der Waals surface area contributed by atoms with Gasteiger partial charge < -0.3 is 5.32 Å². The van der Waals surface area contributed by atoms with E-state index >= 15 is 0 Å². The van der Waals surface area contributed by atoms with E-state index in [1.165, 1.54) is 36.5 Å². The molecule has 0 saturated carbocycles. The van der Waals surface area contributed by atoms with Gasteiger partial charge in [0.1, 0.15) is 6.20 Å². The molecule has 2 aromatic rings. The van der Waals surface area contributed by atoms with Crippen molar-refractivity contribution in [1.82, 2.24) is 9.88 Å². The minimum absolute atomic E-state index is 0.0639. The highest BCUT2D eigenvalue weighted by Gasteiger charge is 2.22. The Hall–Kier alpha value is -2.85. The lowest BCUT2D eigenvalue weighted by Crippen LogP contribution is -2.37. The molecule has 10 heteroatoms. The largest absolute Gasteiger partial charge is 0.325 e. The average molecular weight is 390 g/mol. The van der Waals surface area contributed by atoms with E-state index < -0.39 is 14.8 Å². The van der Waals surface area contributed by atoms with Crippen molar-refractivity contribution in [3.8, 4) is 0 Å². The number of pyridine rings is 1. The fourth-order valence-electron chi connectivity index (χ4n) is 2.90. The lowest BCUT2D eigenvalue weighted by molar-refractivity contribution is -0.385. The van der Waals surface area contributed by atoms with Crippen LogP contribution in [0.2, 0.25) is 0 Å². The Morgan fingerprint density at radius 3 is 2.67 bits per heavy atom. The summed E-state index contributed by atoms with van der Waals surface area (Å²) < 4.78 is 22.9. The molecular weight excluding hydrogens is 372 g/mol. The molecule has 0 atom stereocenters. The fraction of sp³-hybridized carbons (Fsp3) is 0.294. The molecule has 0 bridgehead atoms. The molecule has 1 aromatic heterocycles. The molecule has 1 N–H and O–H groups in total. The Morgan fingerprint density at radius 1 is 1.33 bits per heavy atom. The van der Waals surface area contributed by atoms with E-state index in [9.17, 15) is 23.3 Å². The zero-order valence-electron chi connectivity index (χ0n) is 14.6. The number of fused-ring (bicyclic) bond motifs is 1. The van der Waals surface area contributed by atoms with Gasteiger partial charge in [0, 0.05) is 43.2 Å². The van der Waals surface area contributed by atoms with Crippen molar-refractivity contribution in [1.29, 1.82) is 0 Å². The van der Waals surface area contributed by atoms with Gasteiger partial charge in [0.05, 0.1) is 16.4 Å². The van der Waals surface area contributed by atoms with Gasteiger partial charge in [-0.05, 0) is 29.8 Å². The first-order valence-corrected chi connectivity index (χ1v) is 10.1. The van der Waals surface area contributed by atoms with Crippen LogP contribution in [0.25, 0.3) is 0 Å². The number of nitrogens with zero attached hydrogens (tertiary/aromatic N) is 3. The molecule has 1 aromatic carbocycles. The lowest BCUT2D eigenvalue weighted by atomic mass is 10.1. The van der Waals surface area contributed by atoms with Gasteiger partial charge in [-0.2, -0.15) is 0 Å². The molecule has 9 nitrogen and oxygen atoms in total. The molecule has 1 amide bonds. The number of carbonyl (C=O) groups excluding carboxylic acids is 1. The summed E-state index contributed by atoms with van der Waals surface area (Å²) in [7, 11) is -3.28. The standard InChI is InChI=1S/C17H18N4O5S/c1-27(25,26)15-4-2-13(3-5-15)19-17(22)11-20-7-6-16-12(10-20)8-14(9-18-16)21(23)24/h2-5,8-9H,6-7,10-11H2,1H3,(H,19,22). The predicted molar refractivity (Wildman–Crippen MR) is 98.1 cm³/mol. The summed E-state index contributed by atoms with van der Waals surface area (Å²) in [5, 5.41) is 13.6. The van der Waals surface area contributed by atoms with Crippen molar-refractivity contribution >= 4 is 27.1 Å². The summed E-state index contributed by atoms with van der Waals surface area (Å²) in [5.41, 5.74) is 2.00. The number of anilines is 1. The van der Waals surface area contributed by atoms with Crippen molar-refractivity contribution in [2.24, 2.45) is 0 Å². The molecule has 2 heterocycles. The maximum atomic E-state index is 12.3. The van der Waals surface area contributed by atoms with Crippen LogP contribution in [0, 0.1) is 10.1 Å². The van der Waals surface area contributed by atoms with Gasteiger partial charge in [0.25, 0.3) is 5.69 Å². The summed E-state index contributed by atoms with van der Waals surface area (Å²) in [6.07, 6.45) is 2.99. The highest BCUT2D eigenvalue weighted by atomic mass is 32.2. The Bertz CT molecular complexity index is 989. The van der Waals surface area contributed by atoms with Crippen molar-refractivity contribution in [2.45, 2.75) is 17.9 Å². The van der Waals surface area contributed by atoms with Crippen LogP contribution in [0.1, 0.15) is 11.3 Å². The number of benzene rings is 1. The second-order valence-electron chi connectivity index (χ2n) is 6.36. The van der Waals surface area contributed by atoms with Crippen molar-refractivity contribution < 1.29 is 18.1 Å². The molecule has 142 valence electrons. The van der Waals surface area contributed by atoms with Gasteiger partial charge in [-0.15, -0.1) is 0 Å². The number of carbonyl (C=O) groups is 1. The molecule has 1 aliphatic rings. The second-order valence-corrected chi connectivity index (χ2v) is 8.38. The minimum Gasteiger partial charge on any atom is -0.325 e. The van der Waals surface area contributed by atoms with Crippen molar-refractivity contribution in [3.05, 3.63) is 57.9 Å². The molecule has 1 aliphatic heterocycles. The van der Waals surface area contributed by atoms with E-state index in [1.54, 1.807) is 0 Å². The number of amides is 1. The number of hydrogen-bond acceptors (Lipinski definition) is 7. The molecule has 0 saturated heterocycles. The van der Waals surface area contributed by atoms with Crippen LogP contribution in [-0.2, 0) is 27.6 Å². The number of aromatic nitrogens is 1. The molecule has 0 unspecified atom stereocenters. The molecule has 0 spiro atoms. The maximum absolute atomic E-state index is 12.3. The first-order valence-electron chi connectivity index (χ1n) is 8.17. The second kappa shape index (κ2) is 7.41. The highest BCUT2D eigenvalue weighted by molar-refractivity contribution is 7.90. The van der Waals surface area contributed by atoms with Gasteiger partial charge in [-0.1, -0.05) is 0 Å². The summed E-state index contributed by atoms with van der Waals surface area (Å²) in [5.74, 6) is -0.246. The summed E-state index contributed by atoms with van der Waals surface area (Å²) >= 11 is 0. The van der Waals surface area contributed by atoms with Crippen LogP contribution >= 0.6 is 0 Å².